The number of carbonyl (C=O) groups excluding carboxylic acids is 1. The average molecular weight is 220 g/mol. The minimum absolute atomic E-state index is 0.161. The molecule has 0 atom stereocenters. The Hall–Kier alpha value is -1.85. The van der Waals surface area contributed by atoms with Crippen molar-refractivity contribution in [2.45, 2.75) is 13.3 Å². The third-order valence-electron chi connectivity index (χ3n) is 1.35. The number of ether oxygens (including phenoxy) is 1. The van der Waals surface area contributed by atoms with Gasteiger partial charge in [0.25, 0.3) is 0 Å². The van der Waals surface area contributed by atoms with Crippen LogP contribution in [0.15, 0.2) is 5.38 Å². The van der Waals surface area contributed by atoms with Crippen molar-refractivity contribution in [3.63, 3.8) is 0 Å². The maximum Gasteiger partial charge on any atom is 0.357 e. The number of hydrogen-bond donors (Lipinski definition) is 0. The Balaban J connectivity index is 2.70. The van der Waals surface area contributed by atoms with E-state index in [1.807, 2.05) is 6.07 Å². The van der Waals surface area contributed by atoms with Gasteiger partial charge in [0, 0.05) is 5.38 Å². The summed E-state index contributed by atoms with van der Waals surface area (Å²) in [5.41, 5.74) is 0.267. The van der Waals surface area contributed by atoms with Crippen LogP contribution in [0.4, 0.5) is 0 Å². The Morgan fingerprint density at radius 1 is 1.73 bits per heavy atom. The molecule has 5 heteroatoms. The maximum atomic E-state index is 11.2. The highest BCUT2D eigenvalue weighted by Gasteiger charge is 2.09. The van der Waals surface area contributed by atoms with E-state index in [4.69, 9.17) is 10.00 Å². The fourth-order valence-corrected chi connectivity index (χ4v) is 1.44. The van der Waals surface area contributed by atoms with Crippen molar-refractivity contribution in [3.8, 4) is 17.9 Å². The van der Waals surface area contributed by atoms with E-state index in [0.29, 0.717) is 11.6 Å². The molecule has 0 amide bonds. The van der Waals surface area contributed by atoms with Gasteiger partial charge in [-0.3, -0.25) is 0 Å². The summed E-state index contributed by atoms with van der Waals surface area (Å²) < 4.78 is 4.77. The Labute approximate surface area is 91.5 Å². The molecule has 0 aliphatic rings. The summed E-state index contributed by atoms with van der Waals surface area (Å²) >= 11 is 1.26. The van der Waals surface area contributed by atoms with Crippen LogP contribution in [0.1, 0.15) is 28.8 Å². The molecule has 1 aromatic rings. The molecule has 0 fully saturated rings. The van der Waals surface area contributed by atoms with Gasteiger partial charge in [0.15, 0.2) is 10.7 Å². The predicted octanol–water partition coefficient (Wildman–Crippen LogP) is 1.58. The number of aromatic nitrogens is 1. The van der Waals surface area contributed by atoms with E-state index in [9.17, 15) is 4.79 Å². The molecule has 4 nitrogen and oxygen atoms in total. The highest BCUT2D eigenvalue weighted by atomic mass is 32.1. The second-order valence-electron chi connectivity index (χ2n) is 2.40. The van der Waals surface area contributed by atoms with Crippen molar-refractivity contribution in [1.29, 1.82) is 5.26 Å². The number of esters is 1. The number of carbonyl (C=O) groups is 1. The normalized spacial score (nSPS) is 8.53. The Morgan fingerprint density at radius 3 is 3.20 bits per heavy atom. The fourth-order valence-electron chi connectivity index (χ4n) is 0.789. The minimum atomic E-state index is -0.443. The highest BCUT2D eigenvalue weighted by molar-refractivity contribution is 7.10. The summed E-state index contributed by atoms with van der Waals surface area (Å²) in [5, 5.41) is 10.4. The van der Waals surface area contributed by atoms with Crippen LogP contribution in [0.25, 0.3) is 0 Å². The van der Waals surface area contributed by atoms with Crippen LogP contribution in [0.5, 0.6) is 0 Å². The van der Waals surface area contributed by atoms with Gasteiger partial charge in [-0.2, -0.15) is 5.26 Å². The molecule has 0 N–H and O–H groups in total. The first-order valence-corrected chi connectivity index (χ1v) is 5.14. The van der Waals surface area contributed by atoms with Crippen molar-refractivity contribution in [2.75, 3.05) is 6.61 Å². The van der Waals surface area contributed by atoms with Crippen LogP contribution in [-0.2, 0) is 4.74 Å². The van der Waals surface area contributed by atoms with Gasteiger partial charge in [-0.25, -0.2) is 9.78 Å². The lowest BCUT2D eigenvalue weighted by Gasteiger charge is -1.95. The lowest BCUT2D eigenvalue weighted by atomic mass is 10.4. The first-order chi connectivity index (χ1) is 7.27. The topological polar surface area (TPSA) is 63.0 Å². The van der Waals surface area contributed by atoms with E-state index < -0.39 is 5.97 Å². The number of nitriles is 1. The SMILES string of the molecule is CCOC(=O)c1csc(C#CCC#N)n1. The Bertz CT molecular complexity index is 448. The third-order valence-corrected chi connectivity index (χ3v) is 2.11. The lowest BCUT2D eigenvalue weighted by molar-refractivity contribution is 0.0520. The molecule has 0 saturated heterocycles. The number of rotatable bonds is 2. The standard InChI is InChI=1S/C10H8N2O2S/c1-2-14-10(13)8-7-15-9(12-8)5-3-4-6-11/h7H,2,4H2,1H3. The van der Waals surface area contributed by atoms with Gasteiger partial charge in [0.2, 0.25) is 0 Å². The zero-order valence-electron chi connectivity index (χ0n) is 8.11. The van der Waals surface area contributed by atoms with Gasteiger partial charge in [-0.15, -0.1) is 11.3 Å². The van der Waals surface area contributed by atoms with Gasteiger partial charge >= 0.3 is 5.97 Å². The summed E-state index contributed by atoms with van der Waals surface area (Å²) in [6, 6.07) is 1.90. The van der Waals surface area contributed by atoms with Gasteiger partial charge in [0.05, 0.1) is 19.1 Å². The molecule has 0 radical (unpaired) electrons. The quantitative estimate of drug-likeness (QED) is 0.560. The van der Waals surface area contributed by atoms with Crippen LogP contribution in [0.3, 0.4) is 0 Å². The molecular formula is C10H8N2O2S. The zero-order chi connectivity index (χ0) is 11.1. The predicted molar refractivity (Wildman–Crippen MR) is 55.2 cm³/mol. The largest absolute Gasteiger partial charge is 0.461 e. The Kier molecular flexibility index (Phi) is 4.33. The van der Waals surface area contributed by atoms with E-state index >= 15 is 0 Å². The molecular weight excluding hydrogens is 212 g/mol. The smallest absolute Gasteiger partial charge is 0.357 e. The molecule has 1 heterocycles. The lowest BCUT2D eigenvalue weighted by Crippen LogP contribution is -2.04. The van der Waals surface area contributed by atoms with Crippen LogP contribution in [0.2, 0.25) is 0 Å². The van der Waals surface area contributed by atoms with Gasteiger partial charge in [0.1, 0.15) is 0 Å². The van der Waals surface area contributed by atoms with E-state index in [0.717, 1.165) is 0 Å². The number of thiazole rings is 1. The third kappa shape index (κ3) is 3.41. The molecule has 1 rings (SSSR count). The van der Waals surface area contributed by atoms with Crippen LogP contribution >= 0.6 is 11.3 Å². The second-order valence-corrected chi connectivity index (χ2v) is 3.25. The zero-order valence-corrected chi connectivity index (χ0v) is 8.93. The summed E-state index contributed by atoms with van der Waals surface area (Å²) in [7, 11) is 0. The van der Waals surface area contributed by atoms with Crippen molar-refractivity contribution in [1.82, 2.24) is 4.98 Å². The van der Waals surface area contributed by atoms with Gasteiger partial charge < -0.3 is 4.74 Å². The summed E-state index contributed by atoms with van der Waals surface area (Å²) in [4.78, 5) is 15.2. The molecule has 15 heavy (non-hydrogen) atoms. The molecule has 0 aliphatic carbocycles. The number of hydrogen-bond acceptors (Lipinski definition) is 5. The first kappa shape index (κ1) is 11.2. The van der Waals surface area contributed by atoms with Crippen LogP contribution < -0.4 is 0 Å². The molecule has 0 aliphatic heterocycles. The summed E-state index contributed by atoms with van der Waals surface area (Å²) in [6.45, 7) is 2.06. The molecule has 0 bridgehead atoms. The highest BCUT2D eigenvalue weighted by Crippen LogP contribution is 2.09. The summed E-state index contributed by atoms with van der Waals surface area (Å²) in [6.07, 6.45) is 0.161. The Morgan fingerprint density at radius 2 is 2.53 bits per heavy atom. The molecule has 0 unspecified atom stereocenters. The average Bonchev–Trinajstić information content (AvgIpc) is 2.67. The monoisotopic (exact) mass is 220 g/mol. The molecule has 0 spiro atoms. The molecule has 76 valence electrons. The second kappa shape index (κ2) is 5.79. The maximum absolute atomic E-state index is 11.2. The van der Waals surface area contributed by atoms with E-state index in [2.05, 4.69) is 16.8 Å². The number of nitrogens with zero attached hydrogens (tertiary/aromatic N) is 2. The van der Waals surface area contributed by atoms with Crippen LogP contribution in [-0.4, -0.2) is 17.6 Å². The fraction of sp³-hybridized carbons (Fsp3) is 0.300. The molecule has 0 saturated carbocycles. The molecule has 0 aromatic carbocycles. The minimum Gasteiger partial charge on any atom is -0.461 e. The van der Waals surface area contributed by atoms with E-state index in [-0.39, 0.29) is 12.1 Å². The first-order valence-electron chi connectivity index (χ1n) is 4.26. The van der Waals surface area contributed by atoms with Crippen molar-refractivity contribution < 1.29 is 9.53 Å². The van der Waals surface area contributed by atoms with Crippen LogP contribution in [0, 0.1) is 23.2 Å². The van der Waals surface area contributed by atoms with Gasteiger partial charge in [-0.05, 0) is 12.8 Å². The van der Waals surface area contributed by atoms with Crippen molar-refractivity contribution in [2.24, 2.45) is 0 Å². The van der Waals surface area contributed by atoms with E-state index in [1.54, 1.807) is 12.3 Å². The van der Waals surface area contributed by atoms with Crippen molar-refractivity contribution >= 4 is 17.3 Å². The van der Waals surface area contributed by atoms with Gasteiger partial charge in [-0.1, -0.05) is 5.92 Å². The van der Waals surface area contributed by atoms with E-state index in [1.165, 1.54) is 11.3 Å². The summed E-state index contributed by atoms with van der Waals surface area (Å²) in [5.74, 6) is 4.87. The van der Waals surface area contributed by atoms with Crippen molar-refractivity contribution in [3.05, 3.63) is 16.1 Å². The molecule has 1 aromatic heterocycles.